The molecule has 7 heterocycles. The number of hydrogen-bond donors (Lipinski definition) is 4. The first-order valence-electron chi connectivity index (χ1n) is 23.5. The number of hydrogen-bond acceptors (Lipinski definition) is 13. The summed E-state index contributed by atoms with van der Waals surface area (Å²) in [7, 11) is 0. The Balaban J connectivity index is 0.919. The Labute approximate surface area is 356 Å². The van der Waals surface area contributed by atoms with Crippen LogP contribution in [-0.2, 0) is 39.8 Å². The van der Waals surface area contributed by atoms with Crippen LogP contribution in [0.3, 0.4) is 0 Å². The molecule has 9 fully saturated rings. The topological polar surface area (TPSA) is 181 Å². The van der Waals surface area contributed by atoms with Crippen molar-refractivity contribution in [3.05, 3.63) is 48.1 Å². The molecular weight excluding hydrogens is 781 g/mol. The minimum absolute atomic E-state index is 0.00811. The molecule has 4 spiro atoms. The zero-order chi connectivity index (χ0) is 41.9. The number of allylic oxidation sites excluding steroid dienone is 2. The lowest BCUT2D eigenvalue weighted by Crippen LogP contribution is -2.79. The van der Waals surface area contributed by atoms with E-state index in [1.54, 1.807) is 6.26 Å². The average molecular weight is 843 g/mol. The summed E-state index contributed by atoms with van der Waals surface area (Å²) in [4.78, 5) is 45.8. The number of fused-ring (bicyclic) bond motifs is 5. The third-order valence-corrected chi connectivity index (χ3v) is 19.9. The highest BCUT2D eigenvalue weighted by Gasteiger charge is 2.94. The molecule has 17 unspecified atom stereocenters. The van der Waals surface area contributed by atoms with E-state index in [4.69, 9.17) is 23.4 Å². The summed E-state index contributed by atoms with van der Waals surface area (Å²) < 4.78 is 33.0. The number of esters is 2. The van der Waals surface area contributed by atoms with Crippen molar-refractivity contribution < 1.29 is 53.1 Å². The second kappa shape index (κ2) is 13.3. The van der Waals surface area contributed by atoms with Crippen molar-refractivity contribution in [1.82, 2.24) is 10.2 Å². The molecule has 2 bridgehead atoms. The highest BCUT2D eigenvalue weighted by Crippen LogP contribution is 2.84. The molecule has 4 saturated carbocycles. The van der Waals surface area contributed by atoms with E-state index >= 15 is 4.79 Å². The van der Waals surface area contributed by atoms with Gasteiger partial charge >= 0.3 is 11.9 Å². The second-order valence-corrected chi connectivity index (χ2v) is 21.6. The highest BCUT2D eigenvalue weighted by atomic mass is 16.7. The first-order chi connectivity index (χ1) is 29.4. The number of epoxide rings is 1. The predicted octanol–water partition coefficient (Wildman–Crippen LogP) is 4.28. The molecule has 1 aromatic heterocycles. The average Bonchev–Trinajstić information content (AvgIpc) is 3.57. The van der Waals surface area contributed by atoms with E-state index in [-0.39, 0.29) is 55.1 Å². The van der Waals surface area contributed by atoms with Crippen molar-refractivity contribution in [2.24, 2.45) is 57.2 Å². The molecule has 13 rings (SSSR count). The molecule has 6 aliphatic heterocycles. The molecule has 13 nitrogen and oxygen atoms in total. The first kappa shape index (κ1) is 39.5. The first-order valence-corrected chi connectivity index (χ1v) is 23.5. The summed E-state index contributed by atoms with van der Waals surface area (Å²) in [6.45, 7) is 5.64. The molecule has 17 atom stereocenters. The number of rotatable bonds is 7. The van der Waals surface area contributed by atoms with Gasteiger partial charge in [-0.2, -0.15) is 0 Å². The number of cyclic esters (lactones) is 2. The Bertz CT molecular complexity index is 2080. The monoisotopic (exact) mass is 842 g/mol. The van der Waals surface area contributed by atoms with Crippen molar-refractivity contribution >= 4 is 17.7 Å². The largest absolute Gasteiger partial charge is 0.469 e. The maximum absolute atomic E-state index is 15.8. The van der Waals surface area contributed by atoms with Crippen LogP contribution < -0.4 is 5.32 Å². The van der Waals surface area contributed by atoms with Crippen LogP contribution in [0.25, 0.3) is 0 Å². The third kappa shape index (κ3) is 4.61. The Hall–Kier alpha value is -3.07. The summed E-state index contributed by atoms with van der Waals surface area (Å²) in [5, 5.41) is 38.5. The van der Waals surface area contributed by atoms with E-state index in [2.05, 4.69) is 42.4 Å². The molecule has 12 aliphatic rings. The summed E-state index contributed by atoms with van der Waals surface area (Å²) in [5.74, 6) is -0.126. The fourth-order valence-corrected chi connectivity index (χ4v) is 17.3. The van der Waals surface area contributed by atoms with Crippen molar-refractivity contribution in [1.29, 1.82) is 0 Å². The molecule has 330 valence electrons. The number of nitrogens with one attached hydrogen (secondary N) is 1. The van der Waals surface area contributed by atoms with Crippen LogP contribution in [-0.4, -0.2) is 106 Å². The highest BCUT2D eigenvalue weighted by molar-refractivity contribution is 5.97. The summed E-state index contributed by atoms with van der Waals surface area (Å²) in [6, 6.07) is 2.34. The van der Waals surface area contributed by atoms with Crippen LogP contribution >= 0.6 is 0 Å². The van der Waals surface area contributed by atoms with E-state index < -0.39 is 69.4 Å². The van der Waals surface area contributed by atoms with Crippen LogP contribution in [0, 0.1) is 57.2 Å². The Morgan fingerprint density at radius 3 is 2.67 bits per heavy atom. The molecule has 6 aliphatic carbocycles. The van der Waals surface area contributed by atoms with Gasteiger partial charge in [-0.1, -0.05) is 44.4 Å². The fraction of sp³-hybridized carbons (Fsp3) is 0.771. The molecule has 0 aromatic carbocycles. The Morgan fingerprint density at radius 2 is 1.85 bits per heavy atom. The summed E-state index contributed by atoms with van der Waals surface area (Å²) >= 11 is 0. The van der Waals surface area contributed by atoms with Gasteiger partial charge in [0.2, 0.25) is 0 Å². The number of aliphatic hydroxyl groups is 3. The van der Waals surface area contributed by atoms with Crippen molar-refractivity contribution in [3.8, 4) is 0 Å². The van der Waals surface area contributed by atoms with Crippen molar-refractivity contribution in [2.75, 3.05) is 26.4 Å². The number of furan rings is 1. The van der Waals surface area contributed by atoms with E-state index in [1.165, 1.54) is 0 Å². The Morgan fingerprint density at radius 1 is 1.02 bits per heavy atom. The lowest BCUT2D eigenvalue weighted by atomic mass is 9.32. The van der Waals surface area contributed by atoms with Gasteiger partial charge in [0.15, 0.2) is 11.9 Å². The zero-order valence-corrected chi connectivity index (χ0v) is 35.5. The molecule has 0 radical (unpaired) electrons. The van der Waals surface area contributed by atoms with E-state index in [1.807, 2.05) is 12.1 Å². The molecular formula is C48H62N2O11. The molecule has 4 N–H and O–H groups in total. The van der Waals surface area contributed by atoms with Crippen LogP contribution in [0.2, 0.25) is 0 Å². The van der Waals surface area contributed by atoms with Crippen molar-refractivity contribution in [3.63, 3.8) is 0 Å². The molecule has 13 heteroatoms. The second-order valence-electron chi connectivity index (χ2n) is 21.6. The van der Waals surface area contributed by atoms with E-state index in [0.29, 0.717) is 54.9 Å². The van der Waals surface area contributed by atoms with Gasteiger partial charge in [0.1, 0.15) is 30.2 Å². The maximum Gasteiger partial charge on any atom is 0.339 e. The van der Waals surface area contributed by atoms with Gasteiger partial charge < -0.3 is 43.6 Å². The van der Waals surface area contributed by atoms with Gasteiger partial charge in [-0.3, -0.25) is 14.9 Å². The van der Waals surface area contributed by atoms with Gasteiger partial charge in [-0.25, -0.2) is 4.79 Å². The summed E-state index contributed by atoms with van der Waals surface area (Å²) in [5.41, 5.74) is -5.89. The number of nitrogens with zero attached hydrogens (tertiary/aromatic N) is 1. The number of carbonyl (C=O) groups excluding carboxylic acids is 3. The van der Waals surface area contributed by atoms with Crippen LogP contribution in [0.1, 0.15) is 108 Å². The van der Waals surface area contributed by atoms with E-state index in [9.17, 15) is 24.9 Å². The van der Waals surface area contributed by atoms with Crippen LogP contribution in [0.15, 0.2) is 41.2 Å². The number of ether oxygens (including phenoxy) is 4. The van der Waals surface area contributed by atoms with Gasteiger partial charge in [-0.15, -0.1) is 0 Å². The van der Waals surface area contributed by atoms with Gasteiger partial charge in [0.05, 0.1) is 54.6 Å². The Kier molecular flexibility index (Phi) is 8.58. The third-order valence-electron chi connectivity index (χ3n) is 19.9. The smallest absolute Gasteiger partial charge is 0.339 e. The number of ketones is 1. The number of aliphatic hydroxyl groups excluding tert-OH is 3. The van der Waals surface area contributed by atoms with Gasteiger partial charge in [-0.05, 0) is 106 Å². The lowest BCUT2D eigenvalue weighted by Gasteiger charge is -2.69. The van der Waals surface area contributed by atoms with Gasteiger partial charge in [0.25, 0.3) is 0 Å². The fourth-order valence-electron chi connectivity index (χ4n) is 17.3. The normalized spacial score (nSPS) is 50.2. The maximum atomic E-state index is 15.8. The molecule has 61 heavy (non-hydrogen) atoms. The van der Waals surface area contributed by atoms with Crippen LogP contribution in [0.4, 0.5) is 0 Å². The number of Topliss-reactive ketones (excluding diaryl/α,β-unsaturated/α-hetero) is 1. The van der Waals surface area contributed by atoms with E-state index in [0.717, 1.165) is 64.6 Å². The standard InChI is InChI=1S/C48H62N2O11/c1-43-16-11-35-45(14-6-15-47(39(55)38(45)54)44(2,28-7-4-3-5-8-28)60-36-21-37(53)58-24-46(35,36)47)48(43)41(61-48)42(56)59-40(43)30-13-18-57-34(30)20-31(33(52)23-51)26-9-10-29-27(19-26)12-17-50-25-49-22-32(29)50/h6,12-13,15,17-18,26-29,31-33,35-36,38,40-41,49,51-52,54H,3-5,7-11,14,16,19-25H2,1-2H3. The summed E-state index contributed by atoms with van der Waals surface area (Å²) in [6.07, 6.45) is 15.1. The minimum Gasteiger partial charge on any atom is -0.469 e. The van der Waals surface area contributed by atoms with Crippen molar-refractivity contribution in [2.45, 2.75) is 145 Å². The molecule has 0 amide bonds. The minimum atomic E-state index is -1.47. The lowest BCUT2D eigenvalue weighted by molar-refractivity contribution is -0.262. The quantitative estimate of drug-likeness (QED) is 0.174. The predicted molar refractivity (Wildman–Crippen MR) is 216 cm³/mol. The number of carbonyl (C=O) groups is 3. The SMILES string of the molecule is CC12CCC3C45COC(=O)CC4OC(C)(C4CCCCC4)C54C=CCC3(C(O)C4=O)C13OC3C(=O)OC2c1ccoc1CC(C(O)CO)C1CCC2C(C=CN3CNCC23)C1. The zero-order valence-electron chi connectivity index (χ0n) is 35.5. The molecule has 1 aromatic rings. The van der Waals surface area contributed by atoms with Crippen LogP contribution in [0.5, 0.6) is 0 Å². The molecule has 5 saturated heterocycles. The van der Waals surface area contributed by atoms with Gasteiger partial charge in [0, 0.05) is 35.4 Å².